The number of aliphatic hydroxyl groups excluding tert-OH is 1. The lowest BCUT2D eigenvalue weighted by atomic mass is 9.67. The third-order valence-corrected chi connectivity index (χ3v) is 4.99. The van der Waals surface area contributed by atoms with Crippen LogP contribution in [0, 0.1) is 11.3 Å². The van der Waals surface area contributed by atoms with E-state index >= 15 is 0 Å². The van der Waals surface area contributed by atoms with Crippen molar-refractivity contribution in [3.8, 4) is 0 Å². The number of rotatable bonds is 1. The molecule has 4 heteroatoms. The number of carbonyl (C=O) groups excluding carboxylic acids is 1. The Bertz CT molecular complexity index is 386. The van der Waals surface area contributed by atoms with E-state index < -0.39 is 5.60 Å². The van der Waals surface area contributed by atoms with Gasteiger partial charge in [-0.1, -0.05) is 20.3 Å². The zero-order chi connectivity index (χ0) is 15.8. The fourth-order valence-corrected chi connectivity index (χ4v) is 3.87. The molecule has 122 valence electrons. The Hall–Kier alpha value is -0.770. The molecule has 0 spiro atoms. The number of likely N-dealkylation sites (tertiary alicyclic amines) is 1. The summed E-state index contributed by atoms with van der Waals surface area (Å²) in [5.74, 6) is 0.184. The zero-order valence-corrected chi connectivity index (χ0v) is 14.2. The van der Waals surface area contributed by atoms with Gasteiger partial charge >= 0.3 is 6.09 Å². The molecule has 3 unspecified atom stereocenters. The number of aliphatic hydroxyl groups is 1. The van der Waals surface area contributed by atoms with Crippen molar-refractivity contribution in [1.29, 1.82) is 0 Å². The van der Waals surface area contributed by atoms with E-state index in [-0.39, 0.29) is 29.6 Å². The second-order valence-corrected chi connectivity index (χ2v) is 8.37. The fraction of sp³-hybridized carbons (Fsp3) is 0.941. The van der Waals surface area contributed by atoms with Crippen LogP contribution in [0.5, 0.6) is 0 Å². The Morgan fingerprint density at radius 2 is 1.90 bits per heavy atom. The van der Waals surface area contributed by atoms with Crippen LogP contribution in [0.1, 0.15) is 66.7 Å². The molecule has 1 heterocycles. The van der Waals surface area contributed by atoms with Crippen molar-refractivity contribution in [3.63, 3.8) is 0 Å². The molecular weight excluding hydrogens is 266 g/mol. The second-order valence-electron chi connectivity index (χ2n) is 8.37. The van der Waals surface area contributed by atoms with Gasteiger partial charge in [-0.05, 0) is 51.9 Å². The van der Waals surface area contributed by atoms with Crippen molar-refractivity contribution in [3.05, 3.63) is 0 Å². The number of hydrogen-bond donors (Lipinski definition) is 1. The molecule has 2 rings (SSSR count). The first-order valence-corrected chi connectivity index (χ1v) is 8.29. The molecule has 0 aromatic rings. The molecule has 1 aliphatic heterocycles. The maximum absolute atomic E-state index is 12.4. The molecule has 21 heavy (non-hydrogen) atoms. The van der Waals surface area contributed by atoms with E-state index in [9.17, 15) is 9.90 Å². The maximum Gasteiger partial charge on any atom is 0.410 e. The van der Waals surface area contributed by atoms with Gasteiger partial charge in [-0.2, -0.15) is 0 Å². The molecule has 0 radical (unpaired) electrons. The maximum atomic E-state index is 12.4. The Morgan fingerprint density at radius 1 is 1.24 bits per heavy atom. The average Bonchev–Trinajstić information content (AvgIpc) is 2.79. The van der Waals surface area contributed by atoms with Crippen molar-refractivity contribution in [1.82, 2.24) is 4.90 Å². The smallest absolute Gasteiger partial charge is 0.410 e. The van der Waals surface area contributed by atoms with Gasteiger partial charge in [0.2, 0.25) is 0 Å². The van der Waals surface area contributed by atoms with Crippen LogP contribution in [0.2, 0.25) is 0 Å². The van der Waals surface area contributed by atoms with E-state index in [0.717, 1.165) is 38.6 Å². The summed E-state index contributed by atoms with van der Waals surface area (Å²) in [4.78, 5) is 14.3. The highest BCUT2D eigenvalue weighted by Crippen LogP contribution is 2.43. The summed E-state index contributed by atoms with van der Waals surface area (Å²) in [7, 11) is 0. The van der Waals surface area contributed by atoms with E-state index in [1.165, 1.54) is 0 Å². The Balaban J connectivity index is 2.09. The number of carbonyl (C=O) groups is 1. The van der Waals surface area contributed by atoms with E-state index in [1.54, 1.807) is 0 Å². The molecule has 1 N–H and O–H groups in total. The lowest BCUT2D eigenvalue weighted by Gasteiger charge is -2.45. The topological polar surface area (TPSA) is 49.8 Å². The minimum Gasteiger partial charge on any atom is -0.444 e. The van der Waals surface area contributed by atoms with Crippen LogP contribution < -0.4 is 0 Å². The molecule has 1 aliphatic carbocycles. The molecule has 0 aromatic heterocycles. The van der Waals surface area contributed by atoms with Gasteiger partial charge in [0.15, 0.2) is 0 Å². The highest BCUT2D eigenvalue weighted by atomic mass is 16.6. The van der Waals surface area contributed by atoms with E-state index in [0.29, 0.717) is 0 Å². The van der Waals surface area contributed by atoms with Gasteiger partial charge in [0.05, 0.1) is 6.10 Å². The lowest BCUT2D eigenvalue weighted by Crippen LogP contribution is -2.51. The van der Waals surface area contributed by atoms with Crippen molar-refractivity contribution in [2.75, 3.05) is 6.54 Å². The third-order valence-electron chi connectivity index (χ3n) is 4.99. The molecule has 2 aliphatic rings. The summed E-state index contributed by atoms with van der Waals surface area (Å²) in [6.07, 6.45) is 4.64. The quantitative estimate of drug-likeness (QED) is 0.805. The van der Waals surface area contributed by atoms with Crippen molar-refractivity contribution in [2.45, 2.75) is 84.5 Å². The zero-order valence-electron chi connectivity index (χ0n) is 14.2. The summed E-state index contributed by atoms with van der Waals surface area (Å²) in [5, 5.41) is 10.7. The van der Waals surface area contributed by atoms with E-state index in [4.69, 9.17) is 4.74 Å². The summed E-state index contributed by atoms with van der Waals surface area (Å²) in [6.45, 7) is 10.7. The third kappa shape index (κ3) is 3.71. The van der Waals surface area contributed by atoms with Gasteiger partial charge in [0.25, 0.3) is 0 Å². The summed E-state index contributed by atoms with van der Waals surface area (Å²) >= 11 is 0. The lowest BCUT2D eigenvalue weighted by molar-refractivity contribution is -0.0608. The highest BCUT2D eigenvalue weighted by molar-refractivity contribution is 5.69. The molecular formula is C17H31NO3. The number of ether oxygens (including phenoxy) is 1. The number of hydrogen-bond acceptors (Lipinski definition) is 3. The second kappa shape index (κ2) is 5.79. The van der Waals surface area contributed by atoms with Gasteiger partial charge in [0.1, 0.15) is 5.60 Å². The van der Waals surface area contributed by atoms with Gasteiger partial charge in [-0.15, -0.1) is 0 Å². The van der Waals surface area contributed by atoms with Crippen LogP contribution in [0.3, 0.4) is 0 Å². The standard InChI is InChI=1S/C17H31NO3/c1-16(2,3)21-15(20)18-11-7-9-13(18)12-8-6-10-17(4,5)14(12)19/h12-14,19H,6-11H2,1-5H3. The van der Waals surface area contributed by atoms with Crippen molar-refractivity contribution < 1.29 is 14.6 Å². The SMILES string of the molecule is CC(C)(C)OC(=O)N1CCCC1C1CCCC(C)(C)C1O. The first kappa shape index (κ1) is 16.6. The number of nitrogens with zero attached hydrogens (tertiary/aromatic N) is 1. The molecule has 2 fully saturated rings. The fourth-order valence-electron chi connectivity index (χ4n) is 3.87. The summed E-state index contributed by atoms with van der Waals surface area (Å²) in [6, 6.07) is 0.134. The minimum atomic E-state index is -0.464. The monoisotopic (exact) mass is 297 g/mol. The first-order valence-electron chi connectivity index (χ1n) is 8.29. The van der Waals surface area contributed by atoms with E-state index in [1.807, 2.05) is 25.7 Å². The molecule has 0 bridgehead atoms. The molecule has 4 nitrogen and oxygen atoms in total. The van der Waals surface area contributed by atoms with Gasteiger partial charge < -0.3 is 14.7 Å². The van der Waals surface area contributed by atoms with Gasteiger partial charge in [-0.25, -0.2) is 4.79 Å². The van der Waals surface area contributed by atoms with Gasteiger partial charge in [0, 0.05) is 18.5 Å². The molecule has 1 saturated carbocycles. The van der Waals surface area contributed by atoms with Crippen molar-refractivity contribution in [2.24, 2.45) is 11.3 Å². The van der Waals surface area contributed by atoms with Crippen LogP contribution in [-0.2, 0) is 4.74 Å². The van der Waals surface area contributed by atoms with Crippen LogP contribution in [0.25, 0.3) is 0 Å². The molecule has 1 amide bonds. The van der Waals surface area contributed by atoms with Gasteiger partial charge in [-0.3, -0.25) is 0 Å². The van der Waals surface area contributed by atoms with Crippen LogP contribution in [-0.4, -0.2) is 40.4 Å². The Morgan fingerprint density at radius 3 is 2.52 bits per heavy atom. The largest absolute Gasteiger partial charge is 0.444 e. The average molecular weight is 297 g/mol. The summed E-state index contributed by atoms with van der Waals surface area (Å²) in [5.41, 5.74) is -0.514. The number of amides is 1. The van der Waals surface area contributed by atoms with Crippen molar-refractivity contribution >= 4 is 6.09 Å². The predicted molar refractivity (Wildman–Crippen MR) is 83.1 cm³/mol. The molecule has 1 saturated heterocycles. The minimum absolute atomic E-state index is 0.0505. The predicted octanol–water partition coefficient (Wildman–Crippen LogP) is 3.57. The Labute approximate surface area is 128 Å². The summed E-state index contributed by atoms with van der Waals surface area (Å²) < 4.78 is 5.54. The highest BCUT2D eigenvalue weighted by Gasteiger charge is 2.46. The normalized spacial score (nSPS) is 33.0. The van der Waals surface area contributed by atoms with E-state index in [2.05, 4.69) is 13.8 Å². The van der Waals surface area contributed by atoms with Crippen LogP contribution in [0.4, 0.5) is 4.79 Å². The molecule has 0 aromatic carbocycles. The first-order chi connectivity index (χ1) is 9.62. The molecule has 3 atom stereocenters. The Kier molecular flexibility index (Phi) is 4.57. The van der Waals surface area contributed by atoms with Crippen LogP contribution in [0.15, 0.2) is 0 Å². The van der Waals surface area contributed by atoms with Crippen LogP contribution >= 0.6 is 0 Å².